The Morgan fingerprint density at radius 1 is 1.55 bits per heavy atom. The maximum atomic E-state index is 11.8. The fourth-order valence-electron chi connectivity index (χ4n) is 2.45. The van der Waals surface area contributed by atoms with Crippen LogP contribution in [0.2, 0.25) is 0 Å². The lowest BCUT2D eigenvalue weighted by Crippen LogP contribution is -2.48. The molecular formula is C15H17N3O4. The molecule has 0 radical (unpaired) electrons. The zero-order valence-electron chi connectivity index (χ0n) is 12.5. The fourth-order valence-corrected chi connectivity index (χ4v) is 2.45. The van der Waals surface area contributed by atoms with Gasteiger partial charge in [-0.05, 0) is 19.9 Å². The molecule has 1 fully saturated rings. The molecule has 7 nitrogen and oxygen atoms in total. The van der Waals surface area contributed by atoms with Crippen LogP contribution in [0.5, 0.6) is 0 Å². The van der Waals surface area contributed by atoms with Crippen molar-refractivity contribution in [3.05, 3.63) is 22.9 Å². The summed E-state index contributed by atoms with van der Waals surface area (Å²) in [5, 5.41) is 18.0. The highest BCUT2D eigenvalue weighted by Gasteiger charge is 2.31. The van der Waals surface area contributed by atoms with E-state index in [1.54, 1.807) is 13.8 Å². The van der Waals surface area contributed by atoms with Gasteiger partial charge in [0.05, 0.1) is 29.8 Å². The molecule has 1 aromatic rings. The van der Waals surface area contributed by atoms with E-state index in [0.717, 1.165) is 0 Å². The number of carboxylic acids is 1. The van der Waals surface area contributed by atoms with Gasteiger partial charge >= 0.3 is 11.9 Å². The van der Waals surface area contributed by atoms with E-state index >= 15 is 0 Å². The lowest BCUT2D eigenvalue weighted by atomic mass is 9.95. The van der Waals surface area contributed by atoms with Gasteiger partial charge < -0.3 is 14.7 Å². The number of hydrogen-bond donors (Lipinski definition) is 1. The fraction of sp³-hybridized carbons (Fsp3) is 0.467. The van der Waals surface area contributed by atoms with Crippen molar-refractivity contribution >= 4 is 17.8 Å². The molecule has 22 heavy (non-hydrogen) atoms. The summed E-state index contributed by atoms with van der Waals surface area (Å²) < 4.78 is 4.94. The number of pyridine rings is 1. The lowest BCUT2D eigenvalue weighted by molar-refractivity contribution is -0.138. The van der Waals surface area contributed by atoms with Crippen LogP contribution in [-0.2, 0) is 9.53 Å². The Morgan fingerprint density at radius 2 is 2.23 bits per heavy atom. The molecule has 2 rings (SSSR count). The van der Waals surface area contributed by atoms with Gasteiger partial charge in [0.1, 0.15) is 11.9 Å². The third-order valence-corrected chi connectivity index (χ3v) is 3.53. The normalized spacial score (nSPS) is 14.1. The van der Waals surface area contributed by atoms with Crippen LogP contribution in [0.4, 0.5) is 5.82 Å². The number of rotatable bonds is 5. The van der Waals surface area contributed by atoms with Crippen LogP contribution in [-0.4, -0.2) is 41.7 Å². The van der Waals surface area contributed by atoms with E-state index in [2.05, 4.69) is 4.98 Å². The van der Waals surface area contributed by atoms with E-state index in [0.29, 0.717) is 30.2 Å². The SMILES string of the molecule is CCOC(=O)c1cc(C#N)c(N2CC(CC(=O)O)C2)nc1C. The third-order valence-electron chi connectivity index (χ3n) is 3.53. The van der Waals surface area contributed by atoms with Crippen LogP contribution in [0.3, 0.4) is 0 Å². The average Bonchev–Trinajstić information content (AvgIpc) is 2.42. The predicted molar refractivity (Wildman–Crippen MR) is 77.6 cm³/mol. The minimum Gasteiger partial charge on any atom is -0.481 e. The molecule has 0 aliphatic carbocycles. The molecule has 0 amide bonds. The molecule has 0 unspecified atom stereocenters. The maximum Gasteiger partial charge on any atom is 0.340 e. The first kappa shape index (κ1) is 15.8. The first-order valence-corrected chi connectivity index (χ1v) is 7.01. The minimum atomic E-state index is -0.827. The van der Waals surface area contributed by atoms with Crippen LogP contribution >= 0.6 is 0 Å². The summed E-state index contributed by atoms with van der Waals surface area (Å²) in [6, 6.07) is 3.52. The second-order valence-corrected chi connectivity index (χ2v) is 5.19. The number of hydrogen-bond acceptors (Lipinski definition) is 6. The first-order chi connectivity index (χ1) is 10.5. The van der Waals surface area contributed by atoms with Crippen LogP contribution < -0.4 is 4.90 Å². The third kappa shape index (κ3) is 3.17. The van der Waals surface area contributed by atoms with Gasteiger partial charge in [-0.25, -0.2) is 9.78 Å². The lowest BCUT2D eigenvalue weighted by Gasteiger charge is -2.40. The number of nitrogens with zero attached hydrogens (tertiary/aromatic N) is 3. The Balaban J connectivity index is 2.20. The second-order valence-electron chi connectivity index (χ2n) is 5.19. The number of carbonyl (C=O) groups excluding carboxylic acids is 1. The number of aliphatic carboxylic acids is 1. The molecule has 0 atom stereocenters. The smallest absolute Gasteiger partial charge is 0.340 e. The predicted octanol–water partition coefficient (Wildman–Crippen LogP) is 1.35. The summed E-state index contributed by atoms with van der Waals surface area (Å²) >= 11 is 0. The zero-order chi connectivity index (χ0) is 16.3. The van der Waals surface area contributed by atoms with Crippen molar-refractivity contribution in [3.8, 4) is 6.07 Å². The summed E-state index contributed by atoms with van der Waals surface area (Å²) in [7, 11) is 0. The molecule has 0 spiro atoms. The highest BCUT2D eigenvalue weighted by Crippen LogP contribution is 2.29. The summed E-state index contributed by atoms with van der Waals surface area (Å²) in [5.74, 6) is -0.763. The largest absolute Gasteiger partial charge is 0.481 e. The molecule has 1 saturated heterocycles. The van der Waals surface area contributed by atoms with Gasteiger partial charge in [-0.15, -0.1) is 0 Å². The monoisotopic (exact) mass is 303 g/mol. The number of aromatic nitrogens is 1. The highest BCUT2D eigenvalue weighted by molar-refractivity contribution is 5.91. The van der Waals surface area contributed by atoms with E-state index in [4.69, 9.17) is 9.84 Å². The Kier molecular flexibility index (Phi) is 4.61. The van der Waals surface area contributed by atoms with Crippen molar-refractivity contribution in [2.24, 2.45) is 5.92 Å². The number of esters is 1. The molecule has 0 aromatic carbocycles. The molecule has 1 aromatic heterocycles. The minimum absolute atomic E-state index is 0.0656. The highest BCUT2D eigenvalue weighted by atomic mass is 16.5. The molecule has 1 N–H and O–H groups in total. The summed E-state index contributed by atoms with van der Waals surface area (Å²) in [5.41, 5.74) is 1.07. The van der Waals surface area contributed by atoms with Crippen LogP contribution in [0, 0.1) is 24.2 Å². The number of anilines is 1. The van der Waals surface area contributed by atoms with E-state index in [1.165, 1.54) is 6.07 Å². The Morgan fingerprint density at radius 3 is 2.77 bits per heavy atom. The second kappa shape index (κ2) is 6.43. The number of carboxylic acid groups (broad SMARTS) is 1. The van der Waals surface area contributed by atoms with Crippen molar-refractivity contribution in [1.82, 2.24) is 4.98 Å². The molecule has 2 heterocycles. The van der Waals surface area contributed by atoms with Crippen molar-refractivity contribution in [1.29, 1.82) is 5.26 Å². The van der Waals surface area contributed by atoms with Gasteiger partial charge in [-0.3, -0.25) is 4.79 Å². The van der Waals surface area contributed by atoms with E-state index in [1.807, 2.05) is 11.0 Å². The number of aryl methyl sites for hydroxylation is 1. The number of ether oxygens (including phenoxy) is 1. The van der Waals surface area contributed by atoms with E-state index in [-0.39, 0.29) is 24.5 Å². The molecule has 7 heteroatoms. The average molecular weight is 303 g/mol. The molecule has 1 aliphatic heterocycles. The maximum absolute atomic E-state index is 11.8. The number of nitriles is 1. The summed E-state index contributed by atoms with van der Waals surface area (Å²) in [6.07, 6.45) is 0.109. The van der Waals surface area contributed by atoms with Crippen molar-refractivity contribution in [2.45, 2.75) is 20.3 Å². The topological polar surface area (TPSA) is 104 Å². The summed E-state index contributed by atoms with van der Waals surface area (Å²) in [4.78, 5) is 28.7. The van der Waals surface area contributed by atoms with Crippen molar-refractivity contribution < 1.29 is 19.4 Å². The quantitative estimate of drug-likeness (QED) is 0.819. The van der Waals surface area contributed by atoms with Gasteiger partial charge in [0, 0.05) is 19.0 Å². The molecule has 0 saturated carbocycles. The number of carbonyl (C=O) groups is 2. The van der Waals surface area contributed by atoms with Gasteiger partial charge in [-0.2, -0.15) is 5.26 Å². The van der Waals surface area contributed by atoms with Crippen molar-refractivity contribution in [3.63, 3.8) is 0 Å². The molecule has 1 aliphatic rings. The summed E-state index contributed by atoms with van der Waals surface area (Å²) in [6.45, 7) is 4.75. The van der Waals surface area contributed by atoms with Gasteiger partial charge in [-0.1, -0.05) is 0 Å². The van der Waals surface area contributed by atoms with Crippen LogP contribution in [0.15, 0.2) is 6.07 Å². The van der Waals surface area contributed by atoms with Gasteiger partial charge in [0.25, 0.3) is 0 Å². The van der Waals surface area contributed by atoms with E-state index in [9.17, 15) is 14.9 Å². The first-order valence-electron chi connectivity index (χ1n) is 7.01. The zero-order valence-corrected chi connectivity index (χ0v) is 12.5. The van der Waals surface area contributed by atoms with Crippen LogP contribution in [0.1, 0.15) is 35.0 Å². The Labute approximate surface area is 128 Å². The Bertz CT molecular complexity index is 645. The van der Waals surface area contributed by atoms with Gasteiger partial charge in [0.2, 0.25) is 0 Å². The molecule has 116 valence electrons. The molecular weight excluding hydrogens is 286 g/mol. The standard InChI is InChI=1S/C15H17N3O4/c1-3-22-15(21)12-5-11(6-16)14(17-9(12)2)18-7-10(8-18)4-13(19)20/h5,10H,3-4,7-8H2,1-2H3,(H,19,20). The van der Waals surface area contributed by atoms with E-state index < -0.39 is 11.9 Å². The van der Waals surface area contributed by atoms with Gasteiger partial charge in [0.15, 0.2) is 0 Å². The Hall–Kier alpha value is -2.62. The van der Waals surface area contributed by atoms with Crippen LogP contribution in [0.25, 0.3) is 0 Å². The molecule has 0 bridgehead atoms. The van der Waals surface area contributed by atoms with Crippen molar-refractivity contribution in [2.75, 3.05) is 24.6 Å².